The molecule has 0 radical (unpaired) electrons. The Bertz CT molecular complexity index is 632. The maximum atomic E-state index is 11.8. The summed E-state index contributed by atoms with van der Waals surface area (Å²) in [4.78, 5) is 26.7. The molecule has 6 heteroatoms. The molecular weight excluding hydrogens is 288 g/mol. The Hall–Kier alpha value is -2.34. The summed E-state index contributed by atoms with van der Waals surface area (Å²) in [5, 5.41) is 11.5. The lowest BCUT2D eigenvalue weighted by atomic mass is 10.2. The SMILES string of the molecule is O=C(CSCc1ccccc1)Nc1ncccc1C(=O)O. The van der Waals surface area contributed by atoms with E-state index in [0.29, 0.717) is 0 Å². The van der Waals surface area contributed by atoms with Gasteiger partial charge in [-0.2, -0.15) is 0 Å². The van der Waals surface area contributed by atoms with Crippen molar-refractivity contribution in [2.75, 3.05) is 11.1 Å². The number of aromatic carboxylic acids is 1. The number of carboxylic acids is 1. The first-order chi connectivity index (χ1) is 10.2. The second-order valence-electron chi connectivity index (χ2n) is 4.23. The molecule has 0 aliphatic heterocycles. The minimum absolute atomic E-state index is 0.0149. The highest BCUT2D eigenvalue weighted by Gasteiger charge is 2.12. The van der Waals surface area contributed by atoms with Crippen molar-refractivity contribution < 1.29 is 14.7 Å². The number of hydrogen-bond acceptors (Lipinski definition) is 4. The maximum Gasteiger partial charge on any atom is 0.339 e. The molecule has 0 fully saturated rings. The number of benzene rings is 1. The third kappa shape index (κ3) is 4.61. The average molecular weight is 302 g/mol. The van der Waals surface area contributed by atoms with Crippen LogP contribution < -0.4 is 5.32 Å². The van der Waals surface area contributed by atoms with Crippen molar-refractivity contribution in [2.24, 2.45) is 0 Å². The van der Waals surface area contributed by atoms with Crippen LogP contribution in [-0.4, -0.2) is 27.7 Å². The van der Waals surface area contributed by atoms with Gasteiger partial charge >= 0.3 is 5.97 Å². The molecule has 2 rings (SSSR count). The van der Waals surface area contributed by atoms with E-state index in [-0.39, 0.29) is 23.0 Å². The van der Waals surface area contributed by atoms with Crippen LogP contribution in [0.25, 0.3) is 0 Å². The first-order valence-electron chi connectivity index (χ1n) is 6.26. The normalized spacial score (nSPS) is 10.1. The van der Waals surface area contributed by atoms with Gasteiger partial charge in [-0.3, -0.25) is 4.79 Å². The number of thioether (sulfide) groups is 1. The van der Waals surface area contributed by atoms with Crippen LogP contribution in [0.2, 0.25) is 0 Å². The van der Waals surface area contributed by atoms with E-state index in [2.05, 4.69) is 10.3 Å². The summed E-state index contributed by atoms with van der Waals surface area (Å²) in [7, 11) is 0. The summed E-state index contributed by atoms with van der Waals surface area (Å²) in [5.41, 5.74) is 1.12. The minimum atomic E-state index is -1.12. The van der Waals surface area contributed by atoms with E-state index in [1.54, 1.807) is 0 Å². The monoisotopic (exact) mass is 302 g/mol. The van der Waals surface area contributed by atoms with Gasteiger partial charge in [0, 0.05) is 11.9 Å². The molecular formula is C15H14N2O3S. The molecule has 1 aromatic carbocycles. The summed E-state index contributed by atoms with van der Waals surface area (Å²) < 4.78 is 0. The molecule has 1 amide bonds. The largest absolute Gasteiger partial charge is 0.478 e. The third-order valence-corrected chi connectivity index (χ3v) is 3.64. The van der Waals surface area contributed by atoms with E-state index < -0.39 is 5.97 Å². The van der Waals surface area contributed by atoms with Gasteiger partial charge in [-0.1, -0.05) is 30.3 Å². The van der Waals surface area contributed by atoms with Crippen molar-refractivity contribution >= 4 is 29.5 Å². The highest BCUT2D eigenvalue weighted by Crippen LogP contribution is 2.14. The molecule has 21 heavy (non-hydrogen) atoms. The Morgan fingerprint density at radius 2 is 1.90 bits per heavy atom. The number of pyridine rings is 1. The Morgan fingerprint density at radius 3 is 2.62 bits per heavy atom. The van der Waals surface area contributed by atoms with E-state index >= 15 is 0 Å². The lowest BCUT2D eigenvalue weighted by Gasteiger charge is -2.07. The zero-order chi connectivity index (χ0) is 15.1. The van der Waals surface area contributed by atoms with Gasteiger partial charge in [-0.05, 0) is 17.7 Å². The van der Waals surface area contributed by atoms with Gasteiger partial charge < -0.3 is 10.4 Å². The molecule has 2 aromatic rings. The quantitative estimate of drug-likeness (QED) is 0.857. The highest BCUT2D eigenvalue weighted by molar-refractivity contribution is 7.99. The number of carbonyl (C=O) groups excluding carboxylic acids is 1. The molecule has 0 aliphatic rings. The fraction of sp³-hybridized carbons (Fsp3) is 0.133. The number of carbonyl (C=O) groups is 2. The zero-order valence-corrected chi connectivity index (χ0v) is 12.0. The number of aromatic nitrogens is 1. The van der Waals surface area contributed by atoms with Gasteiger partial charge in [0.1, 0.15) is 11.4 Å². The molecule has 0 saturated carbocycles. The summed E-state index contributed by atoms with van der Waals surface area (Å²) in [6, 6.07) is 12.7. The summed E-state index contributed by atoms with van der Waals surface area (Å²) in [6.45, 7) is 0. The highest BCUT2D eigenvalue weighted by atomic mass is 32.2. The van der Waals surface area contributed by atoms with E-state index in [1.807, 2.05) is 30.3 Å². The van der Waals surface area contributed by atoms with Crippen LogP contribution in [0, 0.1) is 0 Å². The Labute approximate surface area is 126 Å². The van der Waals surface area contributed by atoms with Crippen LogP contribution >= 0.6 is 11.8 Å². The molecule has 1 aromatic heterocycles. The van der Waals surface area contributed by atoms with Crippen molar-refractivity contribution in [1.29, 1.82) is 0 Å². The standard InChI is InChI=1S/C15H14N2O3S/c18-13(10-21-9-11-5-2-1-3-6-11)17-14-12(15(19)20)7-4-8-16-14/h1-8H,9-10H2,(H,19,20)(H,16,17,18). The van der Waals surface area contributed by atoms with Gasteiger partial charge in [0.05, 0.1) is 5.75 Å². The van der Waals surface area contributed by atoms with Gasteiger partial charge in [0.25, 0.3) is 0 Å². The molecule has 0 saturated heterocycles. The van der Waals surface area contributed by atoms with E-state index in [4.69, 9.17) is 5.11 Å². The first kappa shape index (κ1) is 15.1. The molecule has 0 unspecified atom stereocenters. The number of carboxylic acid groups (broad SMARTS) is 1. The van der Waals surface area contributed by atoms with Gasteiger partial charge in [-0.15, -0.1) is 11.8 Å². The maximum absolute atomic E-state index is 11.8. The van der Waals surface area contributed by atoms with Crippen molar-refractivity contribution in [3.63, 3.8) is 0 Å². The third-order valence-electron chi connectivity index (χ3n) is 2.64. The van der Waals surface area contributed by atoms with Crippen molar-refractivity contribution in [3.8, 4) is 0 Å². The topological polar surface area (TPSA) is 79.3 Å². The van der Waals surface area contributed by atoms with Crippen LogP contribution in [-0.2, 0) is 10.5 Å². The summed E-state index contributed by atoms with van der Waals surface area (Å²) >= 11 is 1.46. The first-order valence-corrected chi connectivity index (χ1v) is 7.42. The Morgan fingerprint density at radius 1 is 1.14 bits per heavy atom. The molecule has 0 atom stereocenters. The molecule has 5 nitrogen and oxygen atoms in total. The smallest absolute Gasteiger partial charge is 0.339 e. The van der Waals surface area contributed by atoms with E-state index in [1.165, 1.54) is 30.1 Å². The van der Waals surface area contributed by atoms with Crippen LogP contribution in [0.15, 0.2) is 48.7 Å². The van der Waals surface area contributed by atoms with Crippen LogP contribution in [0.5, 0.6) is 0 Å². The minimum Gasteiger partial charge on any atom is -0.478 e. The molecule has 108 valence electrons. The predicted octanol–water partition coefficient (Wildman–Crippen LogP) is 2.65. The van der Waals surface area contributed by atoms with Crippen LogP contribution in [0.1, 0.15) is 15.9 Å². The Balaban J connectivity index is 1.86. The molecule has 0 bridgehead atoms. The fourth-order valence-electron chi connectivity index (χ4n) is 1.68. The molecule has 2 N–H and O–H groups in total. The zero-order valence-electron chi connectivity index (χ0n) is 11.2. The van der Waals surface area contributed by atoms with Crippen LogP contribution in [0.3, 0.4) is 0 Å². The Kier molecular flexibility index (Phi) is 5.34. The van der Waals surface area contributed by atoms with Crippen molar-refractivity contribution in [3.05, 3.63) is 59.8 Å². The number of nitrogens with zero attached hydrogens (tertiary/aromatic N) is 1. The number of hydrogen-bond donors (Lipinski definition) is 2. The average Bonchev–Trinajstić information content (AvgIpc) is 2.48. The fourth-order valence-corrected chi connectivity index (χ4v) is 2.47. The number of nitrogens with one attached hydrogen (secondary N) is 1. The lowest BCUT2D eigenvalue weighted by Crippen LogP contribution is -2.17. The molecule has 0 aliphatic carbocycles. The van der Waals surface area contributed by atoms with E-state index in [0.717, 1.165) is 11.3 Å². The lowest BCUT2D eigenvalue weighted by molar-refractivity contribution is -0.113. The van der Waals surface area contributed by atoms with Crippen LogP contribution in [0.4, 0.5) is 5.82 Å². The predicted molar refractivity (Wildman–Crippen MR) is 82.4 cm³/mol. The van der Waals surface area contributed by atoms with Gasteiger partial charge in [-0.25, -0.2) is 9.78 Å². The van der Waals surface area contributed by atoms with Gasteiger partial charge in [0.2, 0.25) is 5.91 Å². The van der Waals surface area contributed by atoms with Crippen molar-refractivity contribution in [1.82, 2.24) is 4.98 Å². The second kappa shape index (κ2) is 7.44. The number of rotatable bonds is 6. The van der Waals surface area contributed by atoms with Crippen molar-refractivity contribution in [2.45, 2.75) is 5.75 Å². The molecule has 0 spiro atoms. The summed E-state index contributed by atoms with van der Waals surface area (Å²) in [5.74, 6) is -0.338. The van der Waals surface area contributed by atoms with Gasteiger partial charge in [0.15, 0.2) is 0 Å². The number of anilines is 1. The summed E-state index contributed by atoms with van der Waals surface area (Å²) in [6.07, 6.45) is 1.44. The second-order valence-corrected chi connectivity index (χ2v) is 5.22. The molecule has 1 heterocycles. The number of amides is 1. The van der Waals surface area contributed by atoms with E-state index in [9.17, 15) is 9.59 Å².